The lowest BCUT2D eigenvalue weighted by Gasteiger charge is -2.19. The molecule has 0 saturated carbocycles. The summed E-state index contributed by atoms with van der Waals surface area (Å²) in [6.45, 7) is 5.64. The SMILES string of the molecule is CC(C)(C)OC(=O)NCCNC(=O)Cn1cnc2c(N)[nH]c(=O)nc21. The van der Waals surface area contributed by atoms with Gasteiger partial charge >= 0.3 is 11.8 Å². The number of aromatic amines is 1. The predicted molar refractivity (Wildman–Crippen MR) is 89.8 cm³/mol. The quantitative estimate of drug-likeness (QED) is 0.521. The largest absolute Gasteiger partial charge is 0.444 e. The molecule has 0 spiro atoms. The maximum absolute atomic E-state index is 11.9. The average Bonchev–Trinajstić information content (AvgIpc) is 2.85. The molecule has 2 aromatic heterocycles. The first-order valence-electron chi connectivity index (χ1n) is 7.60. The van der Waals surface area contributed by atoms with Gasteiger partial charge in [-0.25, -0.2) is 14.6 Å². The van der Waals surface area contributed by atoms with Crippen LogP contribution in [0.3, 0.4) is 0 Å². The number of nitrogens with two attached hydrogens (primary N) is 1. The summed E-state index contributed by atoms with van der Waals surface area (Å²) in [5.74, 6) is -0.235. The molecule has 0 aliphatic rings. The van der Waals surface area contributed by atoms with Gasteiger partial charge in [0.05, 0.1) is 6.33 Å². The van der Waals surface area contributed by atoms with E-state index in [4.69, 9.17) is 10.5 Å². The Hall–Kier alpha value is -3.11. The van der Waals surface area contributed by atoms with E-state index in [1.54, 1.807) is 20.8 Å². The van der Waals surface area contributed by atoms with Crippen molar-refractivity contribution in [3.05, 3.63) is 16.8 Å². The van der Waals surface area contributed by atoms with Gasteiger partial charge in [-0.1, -0.05) is 0 Å². The van der Waals surface area contributed by atoms with Crippen LogP contribution in [-0.2, 0) is 16.1 Å². The zero-order valence-corrected chi connectivity index (χ0v) is 14.3. The number of H-pyrrole nitrogens is 1. The fraction of sp³-hybridized carbons (Fsp3) is 0.500. The number of nitrogen functional groups attached to an aromatic ring is 1. The average molecular weight is 351 g/mol. The van der Waals surface area contributed by atoms with Crippen molar-refractivity contribution in [2.75, 3.05) is 18.8 Å². The molecule has 25 heavy (non-hydrogen) atoms. The molecule has 0 fully saturated rings. The van der Waals surface area contributed by atoms with E-state index < -0.39 is 17.4 Å². The first-order valence-corrected chi connectivity index (χ1v) is 7.60. The minimum atomic E-state index is -0.617. The number of alkyl carbamates (subject to hydrolysis) is 1. The molecule has 0 aliphatic heterocycles. The van der Waals surface area contributed by atoms with Crippen molar-refractivity contribution in [1.82, 2.24) is 30.2 Å². The molecular formula is C14H21N7O4. The van der Waals surface area contributed by atoms with Crippen LogP contribution in [0.1, 0.15) is 20.8 Å². The van der Waals surface area contributed by atoms with Crippen molar-refractivity contribution in [2.45, 2.75) is 32.9 Å². The maximum Gasteiger partial charge on any atom is 0.407 e. The second-order valence-electron chi connectivity index (χ2n) is 6.28. The van der Waals surface area contributed by atoms with E-state index >= 15 is 0 Å². The second kappa shape index (κ2) is 7.20. The molecular weight excluding hydrogens is 330 g/mol. The lowest BCUT2D eigenvalue weighted by Crippen LogP contribution is -2.38. The van der Waals surface area contributed by atoms with Crippen LogP contribution >= 0.6 is 0 Å². The Morgan fingerprint density at radius 1 is 1.32 bits per heavy atom. The first-order chi connectivity index (χ1) is 11.7. The van der Waals surface area contributed by atoms with Crippen molar-refractivity contribution in [3.63, 3.8) is 0 Å². The molecule has 0 aliphatic carbocycles. The van der Waals surface area contributed by atoms with Crippen molar-refractivity contribution >= 4 is 29.0 Å². The molecule has 0 atom stereocenters. The number of imidazole rings is 1. The van der Waals surface area contributed by atoms with Crippen LogP contribution in [0.25, 0.3) is 11.2 Å². The van der Waals surface area contributed by atoms with Crippen LogP contribution in [0.4, 0.5) is 10.6 Å². The summed E-state index contributed by atoms with van der Waals surface area (Å²) in [7, 11) is 0. The van der Waals surface area contributed by atoms with Crippen LogP contribution in [0, 0.1) is 0 Å². The molecule has 2 heterocycles. The number of aromatic nitrogens is 4. The Bertz CT molecular complexity index is 834. The van der Waals surface area contributed by atoms with Crippen molar-refractivity contribution in [3.8, 4) is 0 Å². The van der Waals surface area contributed by atoms with Gasteiger partial charge in [-0.05, 0) is 20.8 Å². The number of fused-ring (bicyclic) bond motifs is 1. The topological polar surface area (TPSA) is 157 Å². The van der Waals surface area contributed by atoms with E-state index in [0.717, 1.165) is 0 Å². The van der Waals surface area contributed by atoms with E-state index in [9.17, 15) is 14.4 Å². The summed E-state index contributed by atoms with van der Waals surface area (Å²) in [6.07, 6.45) is 0.820. The zero-order chi connectivity index (χ0) is 18.6. The molecule has 0 unspecified atom stereocenters. The number of carbonyl (C=O) groups is 2. The lowest BCUT2D eigenvalue weighted by molar-refractivity contribution is -0.121. The van der Waals surface area contributed by atoms with Crippen LogP contribution in [-0.4, -0.2) is 50.2 Å². The summed E-state index contributed by atoms with van der Waals surface area (Å²) in [5.41, 5.74) is 4.99. The Morgan fingerprint density at radius 2 is 2.00 bits per heavy atom. The highest BCUT2D eigenvalue weighted by Crippen LogP contribution is 2.12. The predicted octanol–water partition coefficient (Wildman–Crippen LogP) is -0.657. The molecule has 11 nitrogen and oxygen atoms in total. The first kappa shape index (κ1) is 18.2. The molecule has 2 aromatic rings. The molecule has 0 radical (unpaired) electrons. The molecule has 0 saturated heterocycles. The van der Waals surface area contributed by atoms with Crippen molar-refractivity contribution in [1.29, 1.82) is 0 Å². The number of rotatable bonds is 5. The highest BCUT2D eigenvalue weighted by molar-refractivity contribution is 5.83. The minimum Gasteiger partial charge on any atom is -0.444 e. The van der Waals surface area contributed by atoms with Gasteiger partial charge in [-0.15, -0.1) is 0 Å². The lowest BCUT2D eigenvalue weighted by atomic mass is 10.2. The van der Waals surface area contributed by atoms with E-state index in [-0.39, 0.29) is 37.0 Å². The highest BCUT2D eigenvalue weighted by atomic mass is 16.6. The van der Waals surface area contributed by atoms with Gasteiger partial charge in [0.2, 0.25) is 5.91 Å². The van der Waals surface area contributed by atoms with Gasteiger partial charge in [-0.2, -0.15) is 4.98 Å². The van der Waals surface area contributed by atoms with Crippen LogP contribution in [0.15, 0.2) is 11.1 Å². The summed E-state index contributed by atoms with van der Waals surface area (Å²) >= 11 is 0. The van der Waals surface area contributed by atoms with Gasteiger partial charge < -0.3 is 25.7 Å². The Kier molecular flexibility index (Phi) is 5.25. The Labute approximate surface area is 143 Å². The fourth-order valence-electron chi connectivity index (χ4n) is 1.99. The molecule has 136 valence electrons. The number of ether oxygens (including phenoxy) is 1. The monoisotopic (exact) mass is 351 g/mol. The van der Waals surface area contributed by atoms with Crippen molar-refractivity contribution < 1.29 is 14.3 Å². The number of hydrogen-bond donors (Lipinski definition) is 4. The van der Waals surface area contributed by atoms with Crippen LogP contribution in [0.2, 0.25) is 0 Å². The second-order valence-corrected chi connectivity index (χ2v) is 6.28. The molecule has 11 heteroatoms. The van der Waals surface area contributed by atoms with Gasteiger partial charge in [0, 0.05) is 13.1 Å². The number of anilines is 1. The highest BCUT2D eigenvalue weighted by Gasteiger charge is 2.15. The number of amides is 2. The Morgan fingerprint density at radius 3 is 2.68 bits per heavy atom. The number of nitrogens with one attached hydrogen (secondary N) is 3. The molecule has 0 bridgehead atoms. The number of nitrogens with zero attached hydrogens (tertiary/aromatic N) is 3. The normalized spacial score (nSPS) is 11.3. The van der Waals surface area contributed by atoms with Crippen LogP contribution in [0.5, 0.6) is 0 Å². The molecule has 0 aromatic carbocycles. The van der Waals surface area contributed by atoms with Gasteiger partial charge in [0.15, 0.2) is 5.65 Å². The van der Waals surface area contributed by atoms with Gasteiger partial charge in [0.25, 0.3) is 0 Å². The third-order valence-corrected chi connectivity index (χ3v) is 2.94. The molecule has 5 N–H and O–H groups in total. The van der Waals surface area contributed by atoms with Gasteiger partial charge in [-0.3, -0.25) is 9.78 Å². The van der Waals surface area contributed by atoms with Crippen molar-refractivity contribution in [2.24, 2.45) is 0 Å². The standard InChI is InChI=1S/C14H21N7O4/c1-14(2,3)25-13(24)17-5-4-16-8(22)6-21-7-18-9-10(15)19-12(23)20-11(9)21/h7H,4-6H2,1-3H3,(H,16,22)(H,17,24)(H3,15,19,20,23). The zero-order valence-electron chi connectivity index (χ0n) is 14.3. The smallest absolute Gasteiger partial charge is 0.407 e. The number of carbonyl (C=O) groups excluding carboxylic acids is 2. The van der Waals surface area contributed by atoms with E-state index in [1.165, 1.54) is 10.9 Å². The van der Waals surface area contributed by atoms with E-state index in [2.05, 4.69) is 25.6 Å². The summed E-state index contributed by atoms with van der Waals surface area (Å²) in [6, 6.07) is 0. The summed E-state index contributed by atoms with van der Waals surface area (Å²) in [5, 5.41) is 5.16. The minimum absolute atomic E-state index is 0.0845. The summed E-state index contributed by atoms with van der Waals surface area (Å²) < 4.78 is 6.49. The third kappa shape index (κ3) is 5.19. The van der Waals surface area contributed by atoms with Gasteiger partial charge in [0.1, 0.15) is 23.5 Å². The third-order valence-electron chi connectivity index (χ3n) is 2.94. The van der Waals surface area contributed by atoms with E-state index in [1.807, 2.05) is 0 Å². The number of hydrogen-bond acceptors (Lipinski definition) is 7. The summed E-state index contributed by atoms with van der Waals surface area (Å²) in [4.78, 5) is 44.9. The maximum atomic E-state index is 11.9. The fourth-order valence-corrected chi connectivity index (χ4v) is 1.99. The molecule has 2 amide bonds. The Balaban J connectivity index is 1.83. The molecule has 2 rings (SSSR count). The van der Waals surface area contributed by atoms with Crippen LogP contribution < -0.4 is 22.1 Å². The van der Waals surface area contributed by atoms with E-state index in [0.29, 0.717) is 5.52 Å².